The Morgan fingerprint density at radius 3 is 2.20 bits per heavy atom. The summed E-state index contributed by atoms with van der Waals surface area (Å²) >= 11 is 5.93. The van der Waals surface area contributed by atoms with Crippen LogP contribution in [0.25, 0.3) is 11.1 Å². The van der Waals surface area contributed by atoms with Crippen LogP contribution < -0.4 is 0 Å². The Labute approximate surface area is 154 Å². The monoisotopic (exact) mass is 352 g/mol. The van der Waals surface area contributed by atoms with Crippen LogP contribution in [0.3, 0.4) is 0 Å². The summed E-state index contributed by atoms with van der Waals surface area (Å²) < 4.78 is 11.3. The quantitative estimate of drug-likeness (QED) is 0.550. The van der Waals surface area contributed by atoms with E-state index in [1.54, 1.807) is 0 Å². The molecule has 0 N–H and O–H groups in total. The molecule has 3 heteroatoms. The van der Waals surface area contributed by atoms with Crippen molar-refractivity contribution in [1.82, 2.24) is 0 Å². The van der Waals surface area contributed by atoms with E-state index in [-0.39, 0.29) is 0 Å². The molecule has 0 unspecified atom stereocenters. The average molecular weight is 353 g/mol. The first-order chi connectivity index (χ1) is 12.2. The molecular formula is C22H21ClO2. The Morgan fingerprint density at radius 2 is 1.60 bits per heavy atom. The Balaban J connectivity index is 1.58. The van der Waals surface area contributed by atoms with E-state index in [9.17, 15) is 0 Å². The van der Waals surface area contributed by atoms with Gasteiger partial charge in [-0.05, 0) is 47.7 Å². The fourth-order valence-corrected chi connectivity index (χ4v) is 2.70. The van der Waals surface area contributed by atoms with Gasteiger partial charge in [0.2, 0.25) is 6.29 Å². The fourth-order valence-electron chi connectivity index (χ4n) is 2.57. The van der Waals surface area contributed by atoms with Crippen LogP contribution in [0.1, 0.15) is 18.9 Å². The maximum Gasteiger partial charge on any atom is 0.222 e. The van der Waals surface area contributed by atoms with E-state index >= 15 is 0 Å². The molecule has 0 aromatic heterocycles. The summed E-state index contributed by atoms with van der Waals surface area (Å²) in [5.41, 5.74) is 3.21. The largest absolute Gasteiger partial charge is 0.341 e. The molecule has 0 aliphatic carbocycles. The highest BCUT2D eigenvalue weighted by molar-refractivity contribution is 6.30. The van der Waals surface area contributed by atoms with Crippen molar-refractivity contribution in [3.63, 3.8) is 0 Å². The molecule has 0 saturated carbocycles. The van der Waals surface area contributed by atoms with Gasteiger partial charge in [-0.3, -0.25) is 0 Å². The van der Waals surface area contributed by atoms with Gasteiger partial charge in [0.05, 0.1) is 13.2 Å². The second-order valence-corrected chi connectivity index (χ2v) is 6.39. The minimum Gasteiger partial charge on any atom is -0.341 e. The van der Waals surface area contributed by atoms with Gasteiger partial charge in [-0.1, -0.05) is 60.9 Å². The number of rotatable bonds is 3. The van der Waals surface area contributed by atoms with Crippen LogP contribution in [0, 0.1) is 17.8 Å². The van der Waals surface area contributed by atoms with Crippen molar-refractivity contribution in [3.8, 4) is 23.0 Å². The van der Waals surface area contributed by atoms with Crippen molar-refractivity contribution in [2.45, 2.75) is 19.6 Å². The van der Waals surface area contributed by atoms with Crippen LogP contribution in [-0.4, -0.2) is 19.5 Å². The molecular weight excluding hydrogens is 332 g/mol. The number of hydrogen-bond donors (Lipinski definition) is 0. The average Bonchev–Trinajstić information content (AvgIpc) is 2.67. The molecule has 1 fully saturated rings. The summed E-state index contributed by atoms with van der Waals surface area (Å²) in [7, 11) is 0. The lowest BCUT2D eigenvalue weighted by atomic mass is 10.0. The van der Waals surface area contributed by atoms with Gasteiger partial charge in [-0.25, -0.2) is 0 Å². The van der Waals surface area contributed by atoms with Crippen LogP contribution >= 0.6 is 11.6 Å². The second kappa shape index (κ2) is 8.87. The first-order valence-corrected chi connectivity index (χ1v) is 8.90. The molecule has 1 aliphatic heterocycles. The van der Waals surface area contributed by atoms with Crippen molar-refractivity contribution >= 4 is 11.6 Å². The van der Waals surface area contributed by atoms with Crippen molar-refractivity contribution in [2.75, 3.05) is 13.2 Å². The zero-order valence-corrected chi connectivity index (χ0v) is 15.0. The van der Waals surface area contributed by atoms with Crippen molar-refractivity contribution in [1.29, 1.82) is 0 Å². The summed E-state index contributed by atoms with van der Waals surface area (Å²) in [6.45, 7) is 3.43. The standard InChI is InChI=1S/C22H21ClO2/c1-2-3-4-18-15-24-22(25-16-18)14-7-17-5-8-19(9-6-17)20-10-12-21(23)13-11-20/h3-6,8-13,18,22H,2,15-16H2,1H3/t18-,22-. The number of hydrogen-bond acceptors (Lipinski definition) is 2. The second-order valence-electron chi connectivity index (χ2n) is 5.95. The van der Waals surface area contributed by atoms with Crippen molar-refractivity contribution in [3.05, 3.63) is 71.3 Å². The minimum absolute atomic E-state index is 0.330. The molecule has 2 aromatic rings. The highest BCUT2D eigenvalue weighted by atomic mass is 35.5. The molecule has 1 heterocycles. The minimum atomic E-state index is -0.442. The van der Waals surface area contributed by atoms with E-state index in [1.807, 2.05) is 36.4 Å². The van der Waals surface area contributed by atoms with Gasteiger partial charge >= 0.3 is 0 Å². The molecule has 1 saturated heterocycles. The molecule has 0 bridgehead atoms. The number of halogens is 1. The SMILES string of the molecule is CCC=C[C@H]1CO[C@H](C#Cc2ccc(-c3ccc(Cl)cc3)cc2)OC1. The molecule has 2 aromatic carbocycles. The van der Waals surface area contributed by atoms with Gasteiger partial charge in [-0.2, -0.15) is 0 Å². The Hall–Kier alpha value is -2.05. The molecule has 0 spiro atoms. The predicted octanol–water partition coefficient (Wildman–Crippen LogP) is 5.31. The molecule has 25 heavy (non-hydrogen) atoms. The van der Waals surface area contributed by atoms with Crippen molar-refractivity contribution in [2.24, 2.45) is 5.92 Å². The van der Waals surface area contributed by atoms with E-state index in [0.29, 0.717) is 19.1 Å². The summed E-state index contributed by atoms with van der Waals surface area (Å²) in [6.07, 6.45) is 4.89. The van der Waals surface area contributed by atoms with E-state index in [1.165, 1.54) is 0 Å². The molecule has 1 aliphatic rings. The molecule has 128 valence electrons. The van der Waals surface area contributed by atoms with Crippen LogP contribution in [-0.2, 0) is 9.47 Å². The Morgan fingerprint density at radius 1 is 1.00 bits per heavy atom. The Kier molecular flexibility index (Phi) is 6.30. The van der Waals surface area contributed by atoms with E-state index in [0.717, 1.165) is 28.1 Å². The van der Waals surface area contributed by atoms with Gasteiger partial charge in [0, 0.05) is 16.5 Å². The van der Waals surface area contributed by atoms with Gasteiger partial charge in [0.1, 0.15) is 0 Å². The normalized spacial score (nSPS) is 20.2. The first-order valence-electron chi connectivity index (χ1n) is 8.52. The summed E-state index contributed by atoms with van der Waals surface area (Å²) in [5.74, 6) is 6.50. The summed E-state index contributed by atoms with van der Waals surface area (Å²) in [4.78, 5) is 0. The lowest BCUT2D eigenvalue weighted by Gasteiger charge is -2.24. The third-order valence-corrected chi connectivity index (χ3v) is 4.22. The van der Waals surface area contributed by atoms with E-state index in [2.05, 4.69) is 43.0 Å². The number of benzene rings is 2. The van der Waals surface area contributed by atoms with E-state index < -0.39 is 6.29 Å². The highest BCUT2D eigenvalue weighted by Crippen LogP contribution is 2.21. The van der Waals surface area contributed by atoms with Gasteiger partial charge in [0.25, 0.3) is 0 Å². The fraction of sp³-hybridized carbons (Fsp3) is 0.273. The lowest BCUT2D eigenvalue weighted by molar-refractivity contribution is -0.160. The van der Waals surface area contributed by atoms with Gasteiger partial charge < -0.3 is 9.47 Å². The Bertz CT molecular complexity index is 758. The predicted molar refractivity (Wildman–Crippen MR) is 102 cm³/mol. The smallest absolute Gasteiger partial charge is 0.222 e. The molecule has 0 radical (unpaired) electrons. The van der Waals surface area contributed by atoms with E-state index in [4.69, 9.17) is 21.1 Å². The third kappa shape index (κ3) is 5.21. The summed E-state index contributed by atoms with van der Waals surface area (Å²) in [5, 5.41) is 0.742. The van der Waals surface area contributed by atoms with Crippen LogP contribution in [0.4, 0.5) is 0 Å². The number of allylic oxidation sites excluding steroid dienone is 1. The molecule has 0 amide bonds. The zero-order valence-electron chi connectivity index (χ0n) is 14.2. The summed E-state index contributed by atoms with van der Waals surface area (Å²) in [6, 6.07) is 15.9. The highest BCUT2D eigenvalue weighted by Gasteiger charge is 2.18. The third-order valence-electron chi connectivity index (χ3n) is 3.96. The molecule has 3 rings (SSSR count). The topological polar surface area (TPSA) is 18.5 Å². The van der Waals surface area contributed by atoms with Gasteiger partial charge in [-0.15, -0.1) is 0 Å². The first kappa shape index (κ1) is 17.8. The van der Waals surface area contributed by atoms with Crippen molar-refractivity contribution < 1.29 is 9.47 Å². The number of ether oxygens (including phenoxy) is 2. The zero-order chi connectivity index (χ0) is 17.5. The maximum atomic E-state index is 5.93. The molecule has 2 nitrogen and oxygen atoms in total. The van der Waals surface area contributed by atoms with Crippen LogP contribution in [0.5, 0.6) is 0 Å². The van der Waals surface area contributed by atoms with Crippen LogP contribution in [0.2, 0.25) is 5.02 Å². The van der Waals surface area contributed by atoms with Crippen LogP contribution in [0.15, 0.2) is 60.7 Å². The molecule has 0 atom stereocenters. The van der Waals surface area contributed by atoms with Gasteiger partial charge in [0.15, 0.2) is 0 Å². The lowest BCUT2D eigenvalue weighted by Crippen LogP contribution is -2.30. The maximum absolute atomic E-state index is 5.93.